The Labute approximate surface area is 154 Å². The molecule has 5 heteroatoms. The number of carbonyl (C=O) groups is 2. The molecule has 0 saturated carbocycles. The molecule has 1 heterocycles. The number of likely N-dealkylation sites (tertiary alicyclic amines) is 1. The fraction of sp³-hybridized carbons (Fsp3) is 0.333. The minimum absolute atomic E-state index is 0.0106. The first-order chi connectivity index (χ1) is 12.6. The molecule has 2 amide bonds. The molecule has 1 fully saturated rings. The summed E-state index contributed by atoms with van der Waals surface area (Å²) in [6.45, 7) is 3.66. The van der Waals surface area contributed by atoms with E-state index in [0.29, 0.717) is 17.9 Å². The van der Waals surface area contributed by atoms with E-state index in [9.17, 15) is 9.59 Å². The second-order valence-corrected chi connectivity index (χ2v) is 6.56. The monoisotopic (exact) mass is 352 g/mol. The highest BCUT2D eigenvalue weighted by Crippen LogP contribution is 2.18. The van der Waals surface area contributed by atoms with Gasteiger partial charge in [-0.1, -0.05) is 30.3 Å². The summed E-state index contributed by atoms with van der Waals surface area (Å²) in [6.07, 6.45) is 2.45. The lowest BCUT2D eigenvalue weighted by Gasteiger charge is -2.15. The quantitative estimate of drug-likeness (QED) is 0.869. The van der Waals surface area contributed by atoms with Crippen LogP contribution in [0.15, 0.2) is 48.5 Å². The van der Waals surface area contributed by atoms with Crippen molar-refractivity contribution in [1.29, 1.82) is 0 Å². The zero-order chi connectivity index (χ0) is 18.4. The third-order valence-electron chi connectivity index (χ3n) is 4.55. The van der Waals surface area contributed by atoms with E-state index in [1.165, 1.54) is 0 Å². The standard InChI is InChI=1S/C21H24N2O3/c1-16-7-2-3-8-17(16)13-20(24)22-18-9-6-10-19(14-18)26-15-21(25)23-11-4-5-12-23/h2-3,6-10,14H,4-5,11-13,15H2,1H3,(H,22,24). The molecule has 0 unspecified atom stereocenters. The average molecular weight is 352 g/mol. The van der Waals surface area contributed by atoms with Crippen LogP contribution in [-0.4, -0.2) is 36.4 Å². The van der Waals surface area contributed by atoms with Crippen LogP contribution in [0.1, 0.15) is 24.0 Å². The second kappa shape index (κ2) is 8.52. The van der Waals surface area contributed by atoms with Gasteiger partial charge in [0.15, 0.2) is 6.61 Å². The number of nitrogens with zero attached hydrogens (tertiary/aromatic N) is 1. The zero-order valence-corrected chi connectivity index (χ0v) is 15.0. The summed E-state index contributed by atoms with van der Waals surface area (Å²) in [5, 5.41) is 2.89. The van der Waals surface area contributed by atoms with Gasteiger partial charge in [-0.3, -0.25) is 9.59 Å². The molecule has 136 valence electrons. The minimum atomic E-state index is -0.0791. The van der Waals surface area contributed by atoms with E-state index >= 15 is 0 Å². The molecular formula is C21H24N2O3. The average Bonchev–Trinajstić information content (AvgIpc) is 3.17. The fourth-order valence-corrected chi connectivity index (χ4v) is 3.05. The molecule has 1 N–H and O–H groups in total. The lowest BCUT2D eigenvalue weighted by Crippen LogP contribution is -2.32. The summed E-state index contributed by atoms with van der Waals surface area (Å²) in [7, 11) is 0. The Bertz CT molecular complexity index is 782. The normalized spacial score (nSPS) is 13.5. The van der Waals surface area contributed by atoms with Gasteiger partial charge >= 0.3 is 0 Å². The molecule has 3 rings (SSSR count). The Kier molecular flexibility index (Phi) is 5.89. The van der Waals surface area contributed by atoms with Gasteiger partial charge in [0.25, 0.3) is 5.91 Å². The van der Waals surface area contributed by atoms with Gasteiger partial charge in [0.2, 0.25) is 5.91 Å². The maximum atomic E-state index is 12.3. The molecule has 0 aliphatic carbocycles. The second-order valence-electron chi connectivity index (χ2n) is 6.56. The van der Waals surface area contributed by atoms with E-state index in [1.54, 1.807) is 18.2 Å². The Morgan fingerprint density at radius 3 is 2.62 bits per heavy atom. The topological polar surface area (TPSA) is 58.6 Å². The van der Waals surface area contributed by atoms with E-state index < -0.39 is 0 Å². The van der Waals surface area contributed by atoms with Crippen molar-refractivity contribution in [1.82, 2.24) is 4.90 Å². The number of hydrogen-bond acceptors (Lipinski definition) is 3. The van der Waals surface area contributed by atoms with Crippen LogP contribution in [0.4, 0.5) is 5.69 Å². The van der Waals surface area contributed by atoms with Crippen LogP contribution < -0.4 is 10.1 Å². The molecule has 2 aromatic carbocycles. The summed E-state index contributed by atoms with van der Waals surface area (Å²) in [5.41, 5.74) is 2.77. The van der Waals surface area contributed by atoms with Gasteiger partial charge in [0.1, 0.15) is 5.75 Å². The predicted molar refractivity (Wildman–Crippen MR) is 101 cm³/mol. The highest BCUT2D eigenvalue weighted by atomic mass is 16.5. The number of benzene rings is 2. The highest BCUT2D eigenvalue weighted by molar-refractivity contribution is 5.92. The molecule has 26 heavy (non-hydrogen) atoms. The molecule has 1 aliphatic heterocycles. The summed E-state index contributed by atoms with van der Waals surface area (Å²) < 4.78 is 5.60. The third-order valence-corrected chi connectivity index (χ3v) is 4.55. The van der Waals surface area contributed by atoms with Crippen LogP contribution in [0.5, 0.6) is 5.75 Å². The van der Waals surface area contributed by atoms with E-state index in [4.69, 9.17) is 4.74 Å². The number of amides is 2. The van der Waals surface area contributed by atoms with E-state index in [2.05, 4.69) is 5.32 Å². The molecular weight excluding hydrogens is 328 g/mol. The lowest BCUT2D eigenvalue weighted by molar-refractivity contribution is -0.132. The first kappa shape index (κ1) is 18.0. The van der Waals surface area contributed by atoms with Gasteiger partial charge in [-0.15, -0.1) is 0 Å². The fourth-order valence-electron chi connectivity index (χ4n) is 3.05. The first-order valence-corrected chi connectivity index (χ1v) is 8.97. The SMILES string of the molecule is Cc1ccccc1CC(=O)Nc1cccc(OCC(=O)N2CCCC2)c1. The number of aryl methyl sites for hydroxylation is 1. The van der Waals surface area contributed by atoms with Gasteiger partial charge in [0.05, 0.1) is 6.42 Å². The minimum Gasteiger partial charge on any atom is -0.484 e. The van der Waals surface area contributed by atoms with Crippen LogP contribution in [0, 0.1) is 6.92 Å². The van der Waals surface area contributed by atoms with Crippen LogP contribution in [-0.2, 0) is 16.0 Å². The zero-order valence-electron chi connectivity index (χ0n) is 15.0. The van der Waals surface area contributed by atoms with Gasteiger partial charge in [-0.25, -0.2) is 0 Å². The molecule has 0 atom stereocenters. The number of hydrogen-bond donors (Lipinski definition) is 1. The van der Waals surface area contributed by atoms with Crippen LogP contribution >= 0.6 is 0 Å². The molecule has 1 saturated heterocycles. The molecule has 1 aliphatic rings. The number of ether oxygens (including phenoxy) is 1. The van der Waals surface area contributed by atoms with Crippen molar-refractivity contribution in [3.05, 3.63) is 59.7 Å². The molecule has 0 radical (unpaired) electrons. The Balaban J connectivity index is 1.54. The summed E-state index contributed by atoms with van der Waals surface area (Å²) >= 11 is 0. The van der Waals surface area contributed by atoms with E-state index in [-0.39, 0.29) is 18.4 Å². The smallest absolute Gasteiger partial charge is 0.260 e. The van der Waals surface area contributed by atoms with Crippen molar-refractivity contribution in [2.45, 2.75) is 26.2 Å². The van der Waals surface area contributed by atoms with Crippen molar-refractivity contribution in [2.24, 2.45) is 0 Å². The Morgan fingerprint density at radius 1 is 1.08 bits per heavy atom. The highest BCUT2D eigenvalue weighted by Gasteiger charge is 2.18. The number of rotatable bonds is 6. The van der Waals surface area contributed by atoms with Crippen LogP contribution in [0.3, 0.4) is 0 Å². The van der Waals surface area contributed by atoms with Gasteiger partial charge in [0, 0.05) is 24.8 Å². The van der Waals surface area contributed by atoms with Crippen molar-refractivity contribution in [3.63, 3.8) is 0 Å². The number of nitrogens with one attached hydrogen (secondary N) is 1. The van der Waals surface area contributed by atoms with Crippen molar-refractivity contribution >= 4 is 17.5 Å². The molecule has 2 aromatic rings. The van der Waals surface area contributed by atoms with Crippen molar-refractivity contribution < 1.29 is 14.3 Å². The third kappa shape index (κ3) is 4.85. The predicted octanol–water partition coefficient (Wildman–Crippen LogP) is 3.18. The summed E-state index contributed by atoms with van der Waals surface area (Å²) in [5.74, 6) is 0.507. The summed E-state index contributed by atoms with van der Waals surface area (Å²) in [4.78, 5) is 26.1. The van der Waals surface area contributed by atoms with E-state index in [1.807, 2.05) is 42.2 Å². The maximum Gasteiger partial charge on any atom is 0.260 e. The largest absolute Gasteiger partial charge is 0.484 e. The Hall–Kier alpha value is -2.82. The van der Waals surface area contributed by atoms with E-state index in [0.717, 1.165) is 37.1 Å². The van der Waals surface area contributed by atoms with Crippen LogP contribution in [0.25, 0.3) is 0 Å². The number of carbonyl (C=O) groups excluding carboxylic acids is 2. The lowest BCUT2D eigenvalue weighted by atomic mass is 10.1. The van der Waals surface area contributed by atoms with Gasteiger partial charge in [-0.2, -0.15) is 0 Å². The molecule has 0 aromatic heterocycles. The molecule has 0 bridgehead atoms. The Morgan fingerprint density at radius 2 is 1.85 bits per heavy atom. The molecule has 0 spiro atoms. The first-order valence-electron chi connectivity index (χ1n) is 8.97. The summed E-state index contributed by atoms with van der Waals surface area (Å²) in [6, 6.07) is 15.0. The van der Waals surface area contributed by atoms with Crippen molar-refractivity contribution in [2.75, 3.05) is 25.0 Å². The van der Waals surface area contributed by atoms with Crippen molar-refractivity contribution in [3.8, 4) is 5.75 Å². The number of anilines is 1. The van der Waals surface area contributed by atoms with Gasteiger partial charge < -0.3 is 15.0 Å². The van der Waals surface area contributed by atoms with Crippen LogP contribution in [0.2, 0.25) is 0 Å². The van der Waals surface area contributed by atoms with Gasteiger partial charge in [-0.05, 0) is 43.0 Å². The maximum absolute atomic E-state index is 12.3. The molecule has 5 nitrogen and oxygen atoms in total.